The van der Waals surface area contributed by atoms with Gasteiger partial charge in [-0.2, -0.15) is 5.26 Å². The van der Waals surface area contributed by atoms with Crippen LogP contribution in [0.25, 0.3) is 11.0 Å². The van der Waals surface area contributed by atoms with Crippen LogP contribution in [-0.2, 0) is 9.53 Å². The summed E-state index contributed by atoms with van der Waals surface area (Å²) in [5.74, 6) is -2.61. The zero-order valence-electron chi connectivity index (χ0n) is 16.0. The molecule has 0 bridgehead atoms. The Morgan fingerprint density at radius 1 is 1.36 bits per heavy atom. The van der Waals surface area contributed by atoms with Gasteiger partial charge in [0.15, 0.2) is 5.43 Å². The molecule has 0 amide bonds. The number of carbonyl (C=O) groups excluding carboxylic acids is 1. The Hall–Kier alpha value is -3.27. The number of halogens is 1. The summed E-state index contributed by atoms with van der Waals surface area (Å²) >= 11 is 0. The third kappa shape index (κ3) is 3.11. The van der Waals surface area contributed by atoms with Gasteiger partial charge in [-0.25, -0.2) is 9.18 Å². The normalized spacial score (nSPS) is 19.4. The van der Waals surface area contributed by atoms with E-state index in [9.17, 15) is 19.2 Å². The Morgan fingerprint density at radius 2 is 2.07 bits per heavy atom. The molecule has 28 heavy (non-hydrogen) atoms. The van der Waals surface area contributed by atoms with Crippen LogP contribution in [0.3, 0.4) is 0 Å². The molecule has 0 aliphatic carbocycles. The molecule has 2 atom stereocenters. The van der Waals surface area contributed by atoms with E-state index < -0.39 is 29.1 Å². The van der Waals surface area contributed by atoms with Crippen molar-refractivity contribution in [3.05, 3.63) is 56.8 Å². The van der Waals surface area contributed by atoms with Crippen LogP contribution in [0.1, 0.15) is 38.0 Å². The van der Waals surface area contributed by atoms with Gasteiger partial charge >= 0.3 is 5.97 Å². The number of fused-ring (bicyclic) bond motifs is 1. The number of hydrogen-bond acceptors (Lipinski definition) is 6. The SMILES string of the molecule is CCOC(=O)C1=C(C)N=C(C)C(C#N)C1c1ccc(F)c2c(=O)cc(C)oc12. The number of hydrogen-bond donors (Lipinski definition) is 0. The second kappa shape index (κ2) is 7.39. The quantitative estimate of drug-likeness (QED) is 0.753. The Morgan fingerprint density at radius 3 is 2.71 bits per heavy atom. The molecule has 1 aliphatic rings. The molecule has 0 radical (unpaired) electrons. The van der Waals surface area contributed by atoms with Gasteiger partial charge in [0, 0.05) is 29.0 Å². The van der Waals surface area contributed by atoms with Gasteiger partial charge in [-0.1, -0.05) is 6.07 Å². The number of nitriles is 1. The molecule has 1 aromatic carbocycles. The molecule has 1 aromatic heterocycles. The first-order valence-corrected chi connectivity index (χ1v) is 8.85. The summed E-state index contributed by atoms with van der Waals surface area (Å²) in [6.45, 7) is 6.76. The van der Waals surface area contributed by atoms with Crippen molar-refractivity contribution in [1.29, 1.82) is 5.26 Å². The summed E-state index contributed by atoms with van der Waals surface area (Å²) in [5.41, 5.74) is 1.02. The summed E-state index contributed by atoms with van der Waals surface area (Å²) in [4.78, 5) is 29.4. The van der Waals surface area contributed by atoms with Crippen LogP contribution >= 0.6 is 0 Å². The number of esters is 1. The van der Waals surface area contributed by atoms with E-state index in [4.69, 9.17) is 9.15 Å². The van der Waals surface area contributed by atoms with E-state index in [1.54, 1.807) is 27.7 Å². The number of carbonyl (C=O) groups is 1. The van der Waals surface area contributed by atoms with E-state index in [2.05, 4.69) is 11.1 Å². The van der Waals surface area contributed by atoms with Gasteiger partial charge in [0.05, 0.1) is 24.2 Å². The zero-order valence-corrected chi connectivity index (χ0v) is 16.0. The third-order valence-corrected chi connectivity index (χ3v) is 4.78. The lowest BCUT2D eigenvalue weighted by Crippen LogP contribution is -2.29. The highest BCUT2D eigenvalue weighted by Gasteiger charge is 2.39. The summed E-state index contributed by atoms with van der Waals surface area (Å²) in [7, 11) is 0. The molecule has 0 saturated carbocycles. The molecule has 144 valence electrons. The standard InChI is InChI=1S/C21H19FN2O4/c1-5-27-21(26)17-12(4)24-11(3)14(9-23)18(17)13-6-7-15(22)19-16(25)8-10(2)28-20(13)19/h6-8,14,18H,5H2,1-4H3. The van der Waals surface area contributed by atoms with Crippen molar-refractivity contribution in [1.82, 2.24) is 0 Å². The highest BCUT2D eigenvalue weighted by molar-refractivity contribution is 5.99. The number of aliphatic imine (C=N–C) groups is 1. The number of allylic oxidation sites excluding steroid dienone is 1. The maximum absolute atomic E-state index is 14.4. The molecule has 0 spiro atoms. The number of ether oxygens (including phenoxy) is 1. The molecule has 2 unspecified atom stereocenters. The maximum Gasteiger partial charge on any atom is 0.336 e. The first kappa shape index (κ1) is 19.5. The fourth-order valence-corrected chi connectivity index (χ4v) is 3.62. The predicted octanol–water partition coefficient (Wildman–Crippen LogP) is 3.78. The van der Waals surface area contributed by atoms with Crippen molar-refractivity contribution in [2.75, 3.05) is 6.61 Å². The summed E-state index contributed by atoms with van der Waals surface area (Å²) < 4.78 is 25.3. The van der Waals surface area contributed by atoms with Crippen LogP contribution in [0.4, 0.5) is 4.39 Å². The van der Waals surface area contributed by atoms with E-state index in [0.717, 1.165) is 6.07 Å². The van der Waals surface area contributed by atoms with Crippen LogP contribution in [0.5, 0.6) is 0 Å². The smallest absolute Gasteiger partial charge is 0.336 e. The van der Waals surface area contributed by atoms with E-state index >= 15 is 0 Å². The molecular weight excluding hydrogens is 363 g/mol. The number of benzene rings is 1. The molecule has 2 heterocycles. The van der Waals surface area contributed by atoms with Crippen molar-refractivity contribution in [2.24, 2.45) is 10.9 Å². The van der Waals surface area contributed by atoms with Crippen molar-refractivity contribution in [3.63, 3.8) is 0 Å². The number of nitrogens with zero attached hydrogens (tertiary/aromatic N) is 2. The van der Waals surface area contributed by atoms with E-state index in [1.165, 1.54) is 12.1 Å². The molecule has 7 heteroatoms. The van der Waals surface area contributed by atoms with Crippen molar-refractivity contribution in [2.45, 2.75) is 33.6 Å². The average Bonchev–Trinajstić information content (AvgIpc) is 2.61. The zero-order chi connectivity index (χ0) is 20.6. The van der Waals surface area contributed by atoms with E-state index in [0.29, 0.717) is 22.7 Å². The van der Waals surface area contributed by atoms with Gasteiger partial charge in [-0.15, -0.1) is 0 Å². The van der Waals surface area contributed by atoms with Crippen molar-refractivity contribution in [3.8, 4) is 6.07 Å². The largest absolute Gasteiger partial charge is 0.463 e. The molecule has 0 saturated heterocycles. The Balaban J connectivity index is 2.38. The Kier molecular flexibility index (Phi) is 5.14. The first-order chi connectivity index (χ1) is 13.3. The topological polar surface area (TPSA) is 92.7 Å². The monoisotopic (exact) mass is 382 g/mol. The maximum atomic E-state index is 14.4. The van der Waals surface area contributed by atoms with Gasteiger partial charge in [-0.3, -0.25) is 9.79 Å². The number of aryl methyl sites for hydroxylation is 1. The van der Waals surface area contributed by atoms with Crippen molar-refractivity contribution < 1.29 is 18.3 Å². The minimum absolute atomic E-state index is 0.0274. The van der Waals surface area contributed by atoms with Gasteiger partial charge in [0.25, 0.3) is 0 Å². The summed E-state index contributed by atoms with van der Waals surface area (Å²) in [6.07, 6.45) is 0. The molecule has 3 rings (SSSR count). The molecule has 6 nitrogen and oxygen atoms in total. The lowest BCUT2D eigenvalue weighted by molar-refractivity contribution is -0.139. The van der Waals surface area contributed by atoms with Gasteiger partial charge in [0.2, 0.25) is 0 Å². The highest BCUT2D eigenvalue weighted by Crippen LogP contribution is 2.41. The van der Waals surface area contributed by atoms with Crippen LogP contribution in [-0.4, -0.2) is 18.3 Å². The molecular formula is C21H19FN2O4. The second-order valence-corrected chi connectivity index (χ2v) is 6.62. The third-order valence-electron chi connectivity index (χ3n) is 4.78. The van der Waals surface area contributed by atoms with Crippen LogP contribution in [0, 0.1) is 30.0 Å². The predicted molar refractivity (Wildman–Crippen MR) is 101 cm³/mol. The molecule has 0 N–H and O–H groups in total. The van der Waals surface area contributed by atoms with Crippen LogP contribution in [0.15, 0.2) is 43.7 Å². The fraction of sp³-hybridized carbons (Fsp3) is 0.333. The van der Waals surface area contributed by atoms with Crippen molar-refractivity contribution >= 4 is 22.7 Å². The summed E-state index contributed by atoms with van der Waals surface area (Å²) in [5, 5.41) is 9.57. The summed E-state index contributed by atoms with van der Waals surface area (Å²) in [6, 6.07) is 5.97. The molecule has 2 aromatic rings. The van der Waals surface area contributed by atoms with Gasteiger partial charge in [-0.05, 0) is 33.8 Å². The molecule has 1 aliphatic heterocycles. The minimum atomic E-state index is -0.797. The lowest BCUT2D eigenvalue weighted by atomic mass is 9.76. The van der Waals surface area contributed by atoms with Gasteiger partial charge in [0.1, 0.15) is 22.5 Å². The Bertz CT molecular complexity index is 1140. The van der Waals surface area contributed by atoms with E-state index in [-0.39, 0.29) is 23.1 Å². The second-order valence-electron chi connectivity index (χ2n) is 6.62. The minimum Gasteiger partial charge on any atom is -0.463 e. The number of rotatable bonds is 3. The lowest BCUT2D eigenvalue weighted by Gasteiger charge is -2.29. The average molecular weight is 382 g/mol. The van der Waals surface area contributed by atoms with E-state index in [1.807, 2.05) is 0 Å². The van der Waals surface area contributed by atoms with Crippen LogP contribution < -0.4 is 5.43 Å². The Labute approximate surface area is 160 Å². The highest BCUT2D eigenvalue weighted by atomic mass is 19.1. The van der Waals surface area contributed by atoms with Crippen LogP contribution in [0.2, 0.25) is 0 Å². The molecule has 0 fully saturated rings. The fourth-order valence-electron chi connectivity index (χ4n) is 3.62. The van der Waals surface area contributed by atoms with Gasteiger partial charge < -0.3 is 9.15 Å². The first-order valence-electron chi connectivity index (χ1n) is 8.85.